The van der Waals surface area contributed by atoms with Gasteiger partial charge in [0, 0.05) is 10.5 Å². The molecule has 19 heavy (non-hydrogen) atoms. The minimum absolute atomic E-state index is 0.0148. The van der Waals surface area contributed by atoms with E-state index in [1.165, 1.54) is 6.07 Å². The Morgan fingerprint density at radius 1 is 1.11 bits per heavy atom. The maximum Gasteiger partial charge on any atom is 0.325 e. The molecule has 8 nitrogen and oxygen atoms in total. The van der Waals surface area contributed by atoms with Gasteiger partial charge in [-0.25, -0.2) is 4.98 Å². The first-order valence-corrected chi connectivity index (χ1v) is 6.25. The second kappa shape index (κ2) is 4.70. The van der Waals surface area contributed by atoms with Gasteiger partial charge < -0.3 is 10.1 Å². The summed E-state index contributed by atoms with van der Waals surface area (Å²) in [7, 11) is 0. The van der Waals surface area contributed by atoms with Gasteiger partial charge in [-0.1, -0.05) is 0 Å². The smallest absolute Gasteiger partial charge is 0.325 e. The lowest BCUT2D eigenvalue weighted by molar-refractivity contribution is -0.389. The molecular formula is C9H3Br2N3O5. The van der Waals surface area contributed by atoms with Crippen LogP contribution in [0.1, 0.15) is 0 Å². The van der Waals surface area contributed by atoms with Crippen LogP contribution >= 0.6 is 31.9 Å². The van der Waals surface area contributed by atoms with Crippen molar-refractivity contribution in [3.63, 3.8) is 0 Å². The number of H-pyrrole nitrogens is 1. The third kappa shape index (κ3) is 2.24. The Morgan fingerprint density at radius 3 is 2.26 bits per heavy atom. The topological polar surface area (TPSA) is 119 Å². The first-order chi connectivity index (χ1) is 8.82. The number of fused-ring (bicyclic) bond motifs is 1. The van der Waals surface area contributed by atoms with E-state index >= 15 is 0 Å². The van der Waals surface area contributed by atoms with Gasteiger partial charge in [-0.2, -0.15) is 0 Å². The van der Waals surface area contributed by atoms with Gasteiger partial charge >= 0.3 is 5.82 Å². The lowest BCUT2D eigenvalue weighted by atomic mass is 10.1. The van der Waals surface area contributed by atoms with E-state index in [2.05, 4.69) is 36.8 Å². The van der Waals surface area contributed by atoms with Gasteiger partial charge in [0.25, 0.3) is 5.69 Å². The summed E-state index contributed by atoms with van der Waals surface area (Å²) in [4.78, 5) is 34.4. The third-order valence-electron chi connectivity index (χ3n) is 2.35. The van der Waals surface area contributed by atoms with E-state index < -0.39 is 26.8 Å². The van der Waals surface area contributed by atoms with Crippen LogP contribution in [0.5, 0.6) is 0 Å². The van der Waals surface area contributed by atoms with Crippen LogP contribution < -0.4 is 5.43 Å². The zero-order valence-corrected chi connectivity index (χ0v) is 12.0. The quantitative estimate of drug-likeness (QED) is 0.622. The number of nitrogens with one attached hydrogen (secondary N) is 1. The Bertz CT molecular complexity index is 785. The second-order valence-corrected chi connectivity index (χ2v) is 5.12. The summed E-state index contributed by atoms with van der Waals surface area (Å²) >= 11 is 6.09. The summed E-state index contributed by atoms with van der Waals surface area (Å²) in [6.07, 6.45) is 0. The van der Waals surface area contributed by atoms with Crippen LogP contribution in [0.4, 0.5) is 11.5 Å². The van der Waals surface area contributed by atoms with Crippen molar-refractivity contribution in [3.8, 4) is 0 Å². The van der Waals surface area contributed by atoms with Gasteiger partial charge in [0.05, 0.1) is 11.0 Å². The Hall–Kier alpha value is -1.81. The van der Waals surface area contributed by atoms with Crippen molar-refractivity contribution in [3.05, 3.63) is 51.5 Å². The highest BCUT2D eigenvalue weighted by atomic mass is 79.9. The minimum Gasteiger partial charge on any atom is -0.358 e. The molecule has 2 rings (SSSR count). The number of halogens is 2. The molecule has 0 aliphatic heterocycles. The summed E-state index contributed by atoms with van der Waals surface area (Å²) in [5.41, 5.74) is -1.22. The van der Waals surface area contributed by atoms with Gasteiger partial charge in [0.2, 0.25) is 5.43 Å². The fourth-order valence-electron chi connectivity index (χ4n) is 1.60. The van der Waals surface area contributed by atoms with Gasteiger partial charge in [0.1, 0.15) is 15.4 Å². The van der Waals surface area contributed by atoms with Gasteiger partial charge in [-0.05, 0) is 36.8 Å². The van der Waals surface area contributed by atoms with E-state index in [-0.39, 0.29) is 15.4 Å². The monoisotopic (exact) mass is 391 g/mol. The molecule has 0 spiro atoms. The molecule has 0 radical (unpaired) electrons. The molecule has 0 aliphatic rings. The molecule has 0 saturated heterocycles. The summed E-state index contributed by atoms with van der Waals surface area (Å²) in [6.45, 7) is 0. The zero-order valence-electron chi connectivity index (χ0n) is 8.85. The molecule has 1 aromatic carbocycles. The number of aromatic nitrogens is 1. The predicted molar refractivity (Wildman–Crippen MR) is 73.3 cm³/mol. The highest BCUT2D eigenvalue weighted by Gasteiger charge is 2.25. The van der Waals surface area contributed by atoms with Crippen molar-refractivity contribution in [2.75, 3.05) is 0 Å². The van der Waals surface area contributed by atoms with Crippen LogP contribution in [0.2, 0.25) is 0 Å². The van der Waals surface area contributed by atoms with Crippen molar-refractivity contribution in [1.82, 2.24) is 4.98 Å². The van der Waals surface area contributed by atoms with Crippen molar-refractivity contribution in [2.45, 2.75) is 0 Å². The van der Waals surface area contributed by atoms with Crippen LogP contribution in [0.3, 0.4) is 0 Å². The fraction of sp³-hybridized carbons (Fsp3) is 0. The van der Waals surface area contributed by atoms with E-state index in [4.69, 9.17) is 0 Å². The summed E-state index contributed by atoms with van der Waals surface area (Å²) in [5, 5.41) is 21.5. The van der Waals surface area contributed by atoms with E-state index in [1.54, 1.807) is 0 Å². The second-order valence-electron chi connectivity index (χ2n) is 3.48. The van der Waals surface area contributed by atoms with E-state index in [0.717, 1.165) is 6.07 Å². The molecule has 10 heteroatoms. The first kappa shape index (κ1) is 13.6. The summed E-state index contributed by atoms with van der Waals surface area (Å²) < 4.78 is 0.409. The highest BCUT2D eigenvalue weighted by Crippen LogP contribution is 2.37. The molecule has 0 atom stereocenters. The lowest BCUT2D eigenvalue weighted by Gasteiger charge is -2.02. The zero-order chi connectivity index (χ0) is 14.3. The summed E-state index contributed by atoms with van der Waals surface area (Å²) in [6, 6.07) is 2.08. The molecular weight excluding hydrogens is 390 g/mol. The number of pyridine rings is 1. The number of hydrogen-bond acceptors (Lipinski definition) is 5. The van der Waals surface area contributed by atoms with Gasteiger partial charge in [-0.15, -0.1) is 0 Å². The van der Waals surface area contributed by atoms with Crippen LogP contribution in [0.15, 0.2) is 25.9 Å². The molecule has 0 fully saturated rings. The highest BCUT2D eigenvalue weighted by molar-refractivity contribution is 9.13. The van der Waals surface area contributed by atoms with Gasteiger partial charge in [-0.3, -0.25) is 14.9 Å². The number of aromatic amines is 1. The molecule has 0 amide bonds. The van der Waals surface area contributed by atoms with E-state index in [0.29, 0.717) is 4.47 Å². The SMILES string of the molecule is O=c1cc([N+](=O)[O-])[nH]c2cc(Br)c(Br)c([N+](=O)[O-])c12. The molecule has 2 aromatic rings. The molecule has 0 bridgehead atoms. The summed E-state index contributed by atoms with van der Waals surface area (Å²) in [5.74, 6) is -0.527. The number of nitrogens with zero attached hydrogens (tertiary/aromatic N) is 2. The van der Waals surface area contributed by atoms with Crippen LogP contribution in [-0.4, -0.2) is 14.8 Å². The molecule has 0 unspecified atom stereocenters. The Balaban J connectivity index is 3.03. The van der Waals surface area contributed by atoms with Gasteiger partial charge in [0.15, 0.2) is 0 Å². The number of nitro benzene ring substituents is 1. The average Bonchev–Trinajstić information content (AvgIpc) is 2.30. The molecule has 1 heterocycles. The maximum atomic E-state index is 11.8. The van der Waals surface area contributed by atoms with Crippen molar-refractivity contribution in [1.29, 1.82) is 0 Å². The molecule has 98 valence electrons. The molecule has 0 aliphatic carbocycles. The minimum atomic E-state index is -0.791. The van der Waals surface area contributed by atoms with Crippen molar-refractivity contribution < 1.29 is 9.85 Å². The first-order valence-electron chi connectivity index (χ1n) is 4.66. The largest absolute Gasteiger partial charge is 0.358 e. The third-order valence-corrected chi connectivity index (χ3v) is 4.31. The molecule has 1 aromatic heterocycles. The van der Waals surface area contributed by atoms with Crippen LogP contribution in [-0.2, 0) is 0 Å². The normalized spacial score (nSPS) is 10.6. The van der Waals surface area contributed by atoms with Crippen LogP contribution in [0, 0.1) is 20.2 Å². The number of nitro groups is 2. The van der Waals surface area contributed by atoms with Crippen molar-refractivity contribution in [2.24, 2.45) is 0 Å². The van der Waals surface area contributed by atoms with Crippen molar-refractivity contribution >= 4 is 54.3 Å². The van der Waals surface area contributed by atoms with E-state index in [1.807, 2.05) is 0 Å². The van der Waals surface area contributed by atoms with Crippen LogP contribution in [0.25, 0.3) is 10.9 Å². The Morgan fingerprint density at radius 2 is 1.74 bits per heavy atom. The standard InChI is InChI=1S/C9H3Br2N3O5/c10-3-1-4-7(9(8(3)11)14(18)19)5(15)2-6(12-4)13(16)17/h1-2H,(H,12,15). The maximum absolute atomic E-state index is 11.8. The average molecular weight is 393 g/mol. The Labute approximate surface area is 121 Å². The molecule has 0 saturated carbocycles. The molecule has 1 N–H and O–H groups in total. The lowest BCUT2D eigenvalue weighted by Crippen LogP contribution is -2.08. The number of rotatable bonds is 2. The van der Waals surface area contributed by atoms with E-state index in [9.17, 15) is 25.0 Å². The predicted octanol–water partition coefficient (Wildman–Crippen LogP) is 2.87. The number of hydrogen-bond donors (Lipinski definition) is 1. The Kier molecular flexibility index (Phi) is 3.37. The fourth-order valence-corrected chi connectivity index (χ4v) is 2.48. The number of benzene rings is 1.